The zero-order chi connectivity index (χ0) is 7.40. The Hall–Kier alpha value is -0.706. The predicted molar refractivity (Wildman–Crippen MR) is 54.2 cm³/mol. The Morgan fingerprint density at radius 3 is 2.23 bits per heavy atom. The van der Waals surface area contributed by atoms with Gasteiger partial charge in [-0.25, -0.2) is 0 Å². The van der Waals surface area contributed by atoms with Gasteiger partial charge in [-0.3, -0.25) is 0 Å². The van der Waals surface area contributed by atoms with Crippen LogP contribution >= 0.6 is 9.39 Å². The number of anilines is 1. The molecule has 0 saturated carbocycles. The van der Waals surface area contributed by atoms with Gasteiger partial charge in [0.1, 0.15) is 0 Å². The van der Waals surface area contributed by atoms with Crippen molar-refractivity contribution >= 4 is 15.1 Å². The van der Waals surface area contributed by atoms with E-state index in [2.05, 4.69) is 27.1 Å². The third-order valence-electron chi connectivity index (χ3n) is 1.27. The maximum atomic E-state index is 3.57. The van der Waals surface area contributed by atoms with Gasteiger partial charge in [0.05, 0.1) is 0 Å². The Labute approximate surface area is 102 Å². The molecule has 0 bridgehead atoms. The molecule has 4 heteroatoms. The zero-order valence-electron chi connectivity index (χ0n) is 7.88. The second kappa shape index (κ2) is 9.38. The third kappa shape index (κ3) is 4.77. The van der Waals surface area contributed by atoms with Crippen molar-refractivity contribution in [1.82, 2.24) is 0 Å². The van der Waals surface area contributed by atoms with Crippen LogP contribution in [0.3, 0.4) is 0 Å². The Bertz CT molecular complexity index is 243. The SMILES string of the molecule is C=[C-]c1ccccc1NP.[CH3-].[Rf].[Y]. The monoisotopic (exact) mass is 521 g/mol. The number of hydrogen-bond acceptors (Lipinski definition) is 1. The van der Waals surface area contributed by atoms with E-state index in [0.29, 0.717) is 0 Å². The summed E-state index contributed by atoms with van der Waals surface area (Å²) in [5, 5.41) is 2.96. The van der Waals surface area contributed by atoms with Crippen LogP contribution in [0.5, 0.6) is 0 Å². The molecule has 1 aromatic carbocycles. The number of rotatable bonds is 2. The van der Waals surface area contributed by atoms with Gasteiger partial charge in [-0.15, -0.1) is 6.07 Å². The van der Waals surface area contributed by atoms with Crippen LogP contribution in [-0.4, -0.2) is 0 Å². The van der Waals surface area contributed by atoms with E-state index >= 15 is 0 Å². The van der Waals surface area contributed by atoms with Crippen LogP contribution in [0, 0.1) is 13.5 Å². The van der Waals surface area contributed by atoms with E-state index in [1.54, 1.807) is 0 Å². The summed E-state index contributed by atoms with van der Waals surface area (Å²) in [5.74, 6) is 0. The summed E-state index contributed by atoms with van der Waals surface area (Å²) < 4.78 is 0. The number of benzene rings is 1. The number of para-hydroxylation sites is 1. The topological polar surface area (TPSA) is 12.0 Å². The molecule has 0 amide bonds. The van der Waals surface area contributed by atoms with Crippen LogP contribution in [0.4, 0.5) is 5.69 Å². The molecule has 0 saturated heterocycles. The molecule has 1 unspecified atom stereocenters. The second-order valence-electron chi connectivity index (χ2n) is 1.87. The largest absolute Gasteiger partial charge is 0.421 e. The molecule has 1 nitrogen and oxygen atoms in total. The standard InChI is InChI=1S/C8H9NP.CH3.Rf.Y/c1-2-7-5-3-4-6-8(7)9-10;;;/h3-6,9H,1,10H2;1H3;;/q2*-1;;. The Kier molecular flexibility index (Phi) is 13.1. The van der Waals surface area contributed by atoms with Gasteiger partial charge < -0.3 is 12.5 Å². The van der Waals surface area contributed by atoms with Crippen LogP contribution in [0.2, 0.25) is 0 Å². The summed E-state index contributed by atoms with van der Waals surface area (Å²) in [5.41, 5.74) is 2.03. The Balaban J connectivity index is -0.000000333. The fraction of sp³-hybridized carbons (Fsp3) is 0. The first kappa shape index (κ1) is 18.2. The molecular weight excluding hydrogens is 509 g/mol. The van der Waals surface area contributed by atoms with E-state index in [9.17, 15) is 0 Å². The number of nitrogens with one attached hydrogen (secondary N) is 1. The maximum absolute atomic E-state index is 3.57. The molecule has 13 heavy (non-hydrogen) atoms. The van der Waals surface area contributed by atoms with Gasteiger partial charge in [-0.05, 0) is 0 Å². The maximum Gasteiger partial charge on any atom is 0 e. The molecule has 1 rings (SSSR count). The van der Waals surface area contributed by atoms with E-state index in [1.807, 2.05) is 24.3 Å². The van der Waals surface area contributed by atoms with Gasteiger partial charge in [0.15, 0.2) is 0 Å². The average Bonchev–Trinajstić information content (AvgIpc) is 2.04. The minimum absolute atomic E-state index is 0. The third-order valence-corrected chi connectivity index (χ3v) is 1.58. The molecular formula is C9H12NPRfY-2. The van der Waals surface area contributed by atoms with Crippen molar-refractivity contribution in [3.05, 3.63) is 49.9 Å². The van der Waals surface area contributed by atoms with E-state index in [0.717, 1.165) is 11.3 Å². The van der Waals surface area contributed by atoms with Crippen molar-refractivity contribution in [1.29, 1.82) is 0 Å². The molecule has 0 heterocycles. The first-order chi connectivity index (χ1) is 4.88. The van der Waals surface area contributed by atoms with Crippen molar-refractivity contribution in [2.75, 3.05) is 5.09 Å². The molecule has 0 aliphatic heterocycles. The Morgan fingerprint density at radius 1 is 1.31 bits per heavy atom. The molecule has 1 N–H and O–H groups in total. The second-order valence-corrected chi connectivity index (χ2v) is 2.16. The van der Waals surface area contributed by atoms with Crippen LogP contribution < -0.4 is 5.09 Å². The fourth-order valence-corrected chi connectivity index (χ4v) is 1.01. The molecule has 1 radical (unpaired) electrons. The van der Waals surface area contributed by atoms with Crippen LogP contribution in [-0.2, 0) is 32.7 Å². The summed E-state index contributed by atoms with van der Waals surface area (Å²) in [6, 6.07) is 7.85. The van der Waals surface area contributed by atoms with Gasteiger partial charge in [0.2, 0.25) is 0 Å². The predicted octanol–water partition coefficient (Wildman–Crippen LogP) is 2.67. The van der Waals surface area contributed by atoms with Crippen molar-refractivity contribution in [3.8, 4) is 0 Å². The van der Waals surface area contributed by atoms with Crippen molar-refractivity contribution in [2.45, 2.75) is 0 Å². The van der Waals surface area contributed by atoms with E-state index in [-0.39, 0.29) is 40.1 Å². The quantitative estimate of drug-likeness (QED) is 0.467. The molecule has 0 spiro atoms. The van der Waals surface area contributed by atoms with Crippen molar-refractivity contribution in [3.63, 3.8) is 0 Å². The molecule has 1 aromatic rings. The summed E-state index contributed by atoms with van der Waals surface area (Å²) in [6.07, 6.45) is 2.82. The van der Waals surface area contributed by atoms with Gasteiger partial charge >= 0.3 is 0 Å². The minimum Gasteiger partial charge on any atom is -0.421 e. The number of hydrogen-bond donors (Lipinski definition) is 1. The van der Waals surface area contributed by atoms with E-state index < -0.39 is 0 Å². The normalized spacial score (nSPS) is 6.85. The van der Waals surface area contributed by atoms with E-state index in [1.165, 1.54) is 0 Å². The molecule has 0 fully saturated rings. The summed E-state index contributed by atoms with van der Waals surface area (Å²) >= 11 is 0. The van der Waals surface area contributed by atoms with Gasteiger partial charge in [0.25, 0.3) is 0 Å². The molecule has 1 atom stereocenters. The summed E-state index contributed by atoms with van der Waals surface area (Å²) in [7, 11) is 2.44. The zero-order valence-corrected chi connectivity index (χ0v) is 18.3. The van der Waals surface area contributed by atoms with Crippen LogP contribution in [0.1, 0.15) is 5.56 Å². The first-order valence-electron chi connectivity index (χ1n) is 2.97. The minimum atomic E-state index is 0. The first-order valence-corrected chi connectivity index (χ1v) is 3.55. The van der Waals surface area contributed by atoms with Crippen molar-refractivity contribution in [2.24, 2.45) is 0 Å². The van der Waals surface area contributed by atoms with Crippen molar-refractivity contribution < 1.29 is 32.7 Å². The fourth-order valence-electron chi connectivity index (χ4n) is 0.763. The molecule has 0 aliphatic rings. The van der Waals surface area contributed by atoms with Crippen LogP contribution in [0.15, 0.2) is 30.8 Å². The molecule has 0 aliphatic carbocycles. The average molecular weight is 521 g/mol. The van der Waals surface area contributed by atoms with Gasteiger partial charge in [-0.2, -0.15) is 24.3 Å². The Morgan fingerprint density at radius 2 is 1.85 bits per heavy atom. The van der Waals surface area contributed by atoms with Gasteiger partial charge in [0, 0.05) is 32.7 Å². The molecule has 65 valence electrons. The summed E-state index contributed by atoms with van der Waals surface area (Å²) in [4.78, 5) is 0. The van der Waals surface area contributed by atoms with E-state index in [4.69, 9.17) is 0 Å². The summed E-state index contributed by atoms with van der Waals surface area (Å²) in [6.45, 7) is 3.57. The van der Waals surface area contributed by atoms with Gasteiger partial charge in [-0.1, -0.05) is 27.2 Å². The van der Waals surface area contributed by atoms with Crippen LogP contribution in [0.25, 0.3) is 0 Å². The smallest absolute Gasteiger partial charge is 0 e. The molecule has 0 aromatic heterocycles.